The summed E-state index contributed by atoms with van der Waals surface area (Å²) in [5.41, 5.74) is 6.38. The van der Waals surface area contributed by atoms with Crippen LogP contribution in [-0.4, -0.2) is 20.2 Å². The van der Waals surface area contributed by atoms with Crippen LogP contribution in [0, 0.1) is 5.82 Å². The normalized spacial score (nSPS) is 15.3. The number of aromatic nitrogens is 4. The van der Waals surface area contributed by atoms with Crippen molar-refractivity contribution in [3.05, 3.63) is 24.0 Å². The predicted octanol–water partition coefficient (Wildman–Crippen LogP) is 1.40. The second-order valence-corrected chi connectivity index (χ2v) is 3.91. The fourth-order valence-corrected chi connectivity index (χ4v) is 1.63. The van der Waals surface area contributed by atoms with Gasteiger partial charge in [0.2, 0.25) is 0 Å². The van der Waals surface area contributed by atoms with Crippen LogP contribution in [0.5, 0.6) is 0 Å². The van der Waals surface area contributed by atoms with E-state index in [-0.39, 0.29) is 5.69 Å². The summed E-state index contributed by atoms with van der Waals surface area (Å²) in [5.74, 6) is 0.225. The molecular weight excluding hydrogens is 209 g/mol. The maximum atomic E-state index is 13.0. The fraction of sp³-hybridized carbons (Fsp3) is 0.300. The Hall–Kier alpha value is -1.98. The van der Waals surface area contributed by atoms with Gasteiger partial charge < -0.3 is 5.73 Å². The van der Waals surface area contributed by atoms with Gasteiger partial charge in [-0.3, -0.25) is 0 Å². The maximum absolute atomic E-state index is 13.0. The molecule has 1 saturated carbocycles. The lowest BCUT2D eigenvalue weighted by molar-refractivity contribution is 0.614. The van der Waals surface area contributed by atoms with E-state index in [0.717, 1.165) is 18.4 Å². The van der Waals surface area contributed by atoms with Gasteiger partial charge in [-0.15, -0.1) is 5.10 Å². The number of tetrazole rings is 1. The Morgan fingerprint density at radius 3 is 2.88 bits per heavy atom. The number of nitrogens with zero attached hydrogens (tertiary/aromatic N) is 4. The van der Waals surface area contributed by atoms with Crippen LogP contribution in [0.3, 0.4) is 0 Å². The molecule has 0 saturated heterocycles. The van der Waals surface area contributed by atoms with Crippen molar-refractivity contribution in [3.8, 4) is 11.4 Å². The average Bonchev–Trinajstić information content (AvgIpc) is 3.01. The minimum absolute atomic E-state index is 0.114. The van der Waals surface area contributed by atoms with Crippen LogP contribution < -0.4 is 5.73 Å². The Morgan fingerprint density at radius 2 is 2.19 bits per heavy atom. The molecule has 0 atom stereocenters. The van der Waals surface area contributed by atoms with Gasteiger partial charge in [-0.25, -0.2) is 9.07 Å². The highest BCUT2D eigenvalue weighted by Crippen LogP contribution is 2.36. The second kappa shape index (κ2) is 3.26. The average molecular weight is 219 g/mol. The summed E-state index contributed by atoms with van der Waals surface area (Å²) in [6.45, 7) is 0. The molecule has 1 aromatic carbocycles. The van der Waals surface area contributed by atoms with Gasteiger partial charge in [0.1, 0.15) is 5.82 Å². The smallest absolute Gasteiger partial charge is 0.182 e. The van der Waals surface area contributed by atoms with E-state index in [1.165, 1.54) is 6.07 Å². The molecule has 0 amide bonds. The molecule has 1 aromatic heterocycles. The molecule has 0 aliphatic heterocycles. The van der Waals surface area contributed by atoms with Crippen LogP contribution in [0.2, 0.25) is 0 Å². The van der Waals surface area contributed by atoms with Gasteiger partial charge in [-0.05, 0) is 41.5 Å². The fourth-order valence-electron chi connectivity index (χ4n) is 1.63. The molecule has 1 aliphatic rings. The monoisotopic (exact) mass is 219 g/mol. The van der Waals surface area contributed by atoms with Crippen LogP contribution in [0.4, 0.5) is 10.1 Å². The molecule has 0 radical (unpaired) electrons. The Balaban J connectivity index is 2.07. The van der Waals surface area contributed by atoms with Crippen LogP contribution in [0.25, 0.3) is 11.4 Å². The summed E-state index contributed by atoms with van der Waals surface area (Å²) >= 11 is 0. The number of benzene rings is 1. The largest absolute Gasteiger partial charge is 0.396 e. The lowest BCUT2D eigenvalue weighted by atomic mass is 10.2. The molecule has 2 aromatic rings. The minimum Gasteiger partial charge on any atom is -0.396 e. The van der Waals surface area contributed by atoms with E-state index in [2.05, 4.69) is 15.5 Å². The standard InChI is InChI=1S/C10H10FN5/c11-8-4-1-6(5-9(8)12)10-13-14-15-16(10)7-2-3-7/h1,4-5,7H,2-3,12H2. The van der Waals surface area contributed by atoms with Gasteiger partial charge in [-0.2, -0.15) is 0 Å². The van der Waals surface area contributed by atoms with Crippen molar-refractivity contribution >= 4 is 5.69 Å². The zero-order valence-corrected chi connectivity index (χ0v) is 8.47. The Kier molecular flexibility index (Phi) is 1.89. The van der Waals surface area contributed by atoms with Crippen molar-refractivity contribution in [1.82, 2.24) is 20.2 Å². The van der Waals surface area contributed by atoms with Crippen LogP contribution >= 0.6 is 0 Å². The second-order valence-electron chi connectivity index (χ2n) is 3.91. The number of hydrogen-bond acceptors (Lipinski definition) is 4. The first-order chi connectivity index (χ1) is 7.75. The maximum Gasteiger partial charge on any atom is 0.182 e. The van der Waals surface area contributed by atoms with E-state index < -0.39 is 5.82 Å². The van der Waals surface area contributed by atoms with E-state index in [1.54, 1.807) is 16.8 Å². The van der Waals surface area contributed by atoms with Gasteiger partial charge in [0.05, 0.1) is 11.7 Å². The number of nitrogen functional groups attached to an aromatic ring is 1. The first-order valence-corrected chi connectivity index (χ1v) is 5.09. The number of nitrogens with two attached hydrogens (primary N) is 1. The molecule has 1 aliphatic carbocycles. The summed E-state index contributed by atoms with van der Waals surface area (Å²) in [6, 6.07) is 4.91. The van der Waals surface area contributed by atoms with Crippen molar-refractivity contribution in [2.24, 2.45) is 0 Å². The number of hydrogen-bond donors (Lipinski definition) is 1. The van der Waals surface area contributed by atoms with Crippen LogP contribution in [-0.2, 0) is 0 Å². The summed E-state index contributed by atoms with van der Waals surface area (Å²) in [5, 5.41) is 11.5. The van der Waals surface area contributed by atoms with Crippen molar-refractivity contribution in [1.29, 1.82) is 0 Å². The van der Waals surface area contributed by atoms with Gasteiger partial charge >= 0.3 is 0 Å². The molecule has 5 nitrogen and oxygen atoms in total. The van der Waals surface area contributed by atoms with E-state index in [9.17, 15) is 4.39 Å². The van der Waals surface area contributed by atoms with Gasteiger partial charge in [0.25, 0.3) is 0 Å². The SMILES string of the molecule is Nc1cc(-c2nnnn2C2CC2)ccc1F. The molecule has 1 heterocycles. The zero-order chi connectivity index (χ0) is 11.1. The predicted molar refractivity (Wildman–Crippen MR) is 55.9 cm³/mol. The van der Waals surface area contributed by atoms with Crippen LogP contribution in [0.15, 0.2) is 18.2 Å². The Labute approximate surface area is 91.1 Å². The summed E-state index contributed by atoms with van der Waals surface area (Å²) in [7, 11) is 0. The lowest BCUT2D eigenvalue weighted by Crippen LogP contribution is -2.00. The lowest BCUT2D eigenvalue weighted by Gasteiger charge is -2.03. The van der Waals surface area contributed by atoms with Crippen molar-refractivity contribution in [2.45, 2.75) is 18.9 Å². The van der Waals surface area contributed by atoms with E-state index in [4.69, 9.17) is 5.73 Å². The van der Waals surface area contributed by atoms with Gasteiger partial charge in [0, 0.05) is 5.56 Å². The molecule has 2 N–H and O–H groups in total. The molecule has 1 fully saturated rings. The third kappa shape index (κ3) is 1.42. The number of rotatable bonds is 2. The van der Waals surface area contributed by atoms with Crippen molar-refractivity contribution < 1.29 is 4.39 Å². The summed E-state index contributed by atoms with van der Waals surface area (Å²) in [4.78, 5) is 0. The van der Waals surface area contributed by atoms with Crippen molar-refractivity contribution in [3.63, 3.8) is 0 Å². The molecule has 16 heavy (non-hydrogen) atoms. The Morgan fingerprint density at radius 1 is 1.38 bits per heavy atom. The number of anilines is 1. The molecular formula is C10H10FN5. The van der Waals surface area contributed by atoms with E-state index in [1.807, 2.05) is 0 Å². The summed E-state index contributed by atoms with van der Waals surface area (Å²) in [6.07, 6.45) is 2.18. The highest BCUT2D eigenvalue weighted by molar-refractivity contribution is 5.61. The molecule has 0 spiro atoms. The zero-order valence-electron chi connectivity index (χ0n) is 8.47. The molecule has 6 heteroatoms. The summed E-state index contributed by atoms with van der Waals surface area (Å²) < 4.78 is 14.8. The number of halogens is 1. The topological polar surface area (TPSA) is 69.6 Å². The third-order valence-electron chi connectivity index (χ3n) is 2.64. The highest BCUT2D eigenvalue weighted by Gasteiger charge is 2.28. The molecule has 0 bridgehead atoms. The molecule has 82 valence electrons. The first-order valence-electron chi connectivity index (χ1n) is 5.09. The molecule has 3 rings (SSSR count). The molecule has 0 unspecified atom stereocenters. The highest BCUT2D eigenvalue weighted by atomic mass is 19.1. The van der Waals surface area contributed by atoms with Gasteiger partial charge in [-0.1, -0.05) is 0 Å². The van der Waals surface area contributed by atoms with E-state index >= 15 is 0 Å². The van der Waals surface area contributed by atoms with Gasteiger partial charge in [0.15, 0.2) is 5.82 Å². The first kappa shape index (κ1) is 9.26. The minimum atomic E-state index is -0.422. The third-order valence-corrected chi connectivity index (χ3v) is 2.64. The van der Waals surface area contributed by atoms with E-state index in [0.29, 0.717) is 11.9 Å². The van der Waals surface area contributed by atoms with Crippen LogP contribution in [0.1, 0.15) is 18.9 Å². The quantitative estimate of drug-likeness (QED) is 0.775. The Bertz CT molecular complexity index is 532. The van der Waals surface area contributed by atoms with Crippen molar-refractivity contribution in [2.75, 3.05) is 5.73 Å².